The molecule has 2 N–H and O–H groups in total. The Morgan fingerprint density at radius 3 is 3.10 bits per heavy atom. The van der Waals surface area contributed by atoms with Gasteiger partial charge in [0, 0.05) is 31.6 Å². The zero-order valence-corrected chi connectivity index (χ0v) is 13.5. The molecular formula is C15H25N3O2S. The number of hydrogen-bond donors (Lipinski definition) is 2. The third kappa shape index (κ3) is 6.46. The average Bonchev–Trinajstić information content (AvgIpc) is 3.18. The Balaban J connectivity index is 1.49. The van der Waals surface area contributed by atoms with Gasteiger partial charge in [-0.2, -0.15) is 0 Å². The second-order valence-electron chi connectivity index (χ2n) is 4.97. The van der Waals surface area contributed by atoms with Gasteiger partial charge in [-0.3, -0.25) is 4.99 Å². The summed E-state index contributed by atoms with van der Waals surface area (Å²) in [6.45, 7) is 3.90. The molecule has 0 spiro atoms. The third-order valence-electron chi connectivity index (χ3n) is 3.33. The number of hydrogen-bond acceptors (Lipinski definition) is 4. The quantitative estimate of drug-likeness (QED) is 0.435. The third-order valence-corrected chi connectivity index (χ3v) is 4.27. The Kier molecular flexibility index (Phi) is 7.56. The van der Waals surface area contributed by atoms with Gasteiger partial charge >= 0.3 is 0 Å². The fraction of sp³-hybridized carbons (Fsp3) is 0.667. The van der Waals surface area contributed by atoms with Crippen LogP contribution in [0.1, 0.15) is 17.7 Å². The molecule has 1 aromatic rings. The van der Waals surface area contributed by atoms with Crippen molar-refractivity contribution in [2.24, 2.45) is 4.99 Å². The summed E-state index contributed by atoms with van der Waals surface area (Å²) in [7, 11) is 1.79. The molecule has 1 atom stereocenters. The summed E-state index contributed by atoms with van der Waals surface area (Å²) in [4.78, 5) is 5.59. The van der Waals surface area contributed by atoms with Gasteiger partial charge < -0.3 is 20.1 Å². The van der Waals surface area contributed by atoms with Gasteiger partial charge in [0.25, 0.3) is 0 Å². The van der Waals surface area contributed by atoms with Crippen molar-refractivity contribution in [3.63, 3.8) is 0 Å². The smallest absolute Gasteiger partial charge is 0.191 e. The predicted octanol–water partition coefficient (Wildman–Crippen LogP) is 1.65. The molecule has 1 unspecified atom stereocenters. The van der Waals surface area contributed by atoms with Crippen LogP contribution in [-0.2, 0) is 15.9 Å². The average molecular weight is 311 g/mol. The van der Waals surface area contributed by atoms with Crippen molar-refractivity contribution in [2.75, 3.05) is 40.0 Å². The van der Waals surface area contributed by atoms with Gasteiger partial charge in [0.15, 0.2) is 5.96 Å². The Morgan fingerprint density at radius 2 is 2.38 bits per heavy atom. The minimum atomic E-state index is 0.299. The number of thiophene rings is 1. The van der Waals surface area contributed by atoms with Gasteiger partial charge in [0.1, 0.15) is 0 Å². The van der Waals surface area contributed by atoms with E-state index in [-0.39, 0.29) is 0 Å². The van der Waals surface area contributed by atoms with E-state index in [1.54, 1.807) is 18.4 Å². The second kappa shape index (κ2) is 9.76. The number of nitrogens with zero attached hydrogens (tertiary/aromatic N) is 1. The Morgan fingerprint density at radius 1 is 1.48 bits per heavy atom. The topological polar surface area (TPSA) is 54.9 Å². The summed E-state index contributed by atoms with van der Waals surface area (Å²) in [6.07, 6.45) is 3.61. The van der Waals surface area contributed by atoms with E-state index in [2.05, 4.69) is 33.1 Å². The van der Waals surface area contributed by atoms with E-state index in [1.165, 1.54) is 4.88 Å². The lowest BCUT2D eigenvalue weighted by Crippen LogP contribution is -2.40. The van der Waals surface area contributed by atoms with Crippen LogP contribution in [0, 0.1) is 0 Å². The molecule has 5 nitrogen and oxygen atoms in total. The van der Waals surface area contributed by atoms with Crippen LogP contribution in [0.25, 0.3) is 0 Å². The number of aliphatic imine (C=N–C) groups is 1. The van der Waals surface area contributed by atoms with Crippen LogP contribution in [0.3, 0.4) is 0 Å². The Hall–Kier alpha value is -1.11. The molecule has 0 radical (unpaired) electrons. The lowest BCUT2D eigenvalue weighted by atomic mass is 10.2. The van der Waals surface area contributed by atoms with Crippen molar-refractivity contribution in [3.8, 4) is 0 Å². The summed E-state index contributed by atoms with van der Waals surface area (Å²) < 4.78 is 11.1. The first kappa shape index (κ1) is 16.3. The highest BCUT2D eigenvalue weighted by Gasteiger charge is 2.14. The molecule has 1 saturated heterocycles. The molecule has 118 valence electrons. The Labute approximate surface area is 130 Å². The summed E-state index contributed by atoms with van der Waals surface area (Å²) in [6, 6.07) is 4.24. The van der Waals surface area contributed by atoms with Crippen LogP contribution in [0.4, 0.5) is 0 Å². The minimum Gasteiger partial charge on any atom is -0.377 e. The molecule has 0 aromatic carbocycles. The molecule has 0 saturated carbocycles. The lowest BCUT2D eigenvalue weighted by Gasteiger charge is -2.13. The SMILES string of the molecule is CN=C(NCCOCC1CCCO1)NCCc1cccs1. The minimum absolute atomic E-state index is 0.299. The van der Waals surface area contributed by atoms with Crippen LogP contribution in [-0.4, -0.2) is 52.0 Å². The van der Waals surface area contributed by atoms with Crippen molar-refractivity contribution < 1.29 is 9.47 Å². The van der Waals surface area contributed by atoms with Gasteiger partial charge in [-0.1, -0.05) is 6.07 Å². The van der Waals surface area contributed by atoms with E-state index in [9.17, 15) is 0 Å². The van der Waals surface area contributed by atoms with E-state index in [0.29, 0.717) is 19.3 Å². The van der Waals surface area contributed by atoms with E-state index in [0.717, 1.165) is 44.9 Å². The molecule has 1 aliphatic rings. The van der Waals surface area contributed by atoms with Crippen LogP contribution >= 0.6 is 11.3 Å². The first-order valence-electron chi connectivity index (χ1n) is 7.54. The summed E-state index contributed by atoms with van der Waals surface area (Å²) in [5, 5.41) is 8.66. The van der Waals surface area contributed by atoms with Crippen LogP contribution < -0.4 is 10.6 Å². The van der Waals surface area contributed by atoms with Crippen molar-refractivity contribution in [1.29, 1.82) is 0 Å². The molecule has 0 aliphatic carbocycles. The Bertz CT molecular complexity index is 403. The maximum absolute atomic E-state index is 5.61. The molecule has 1 aliphatic heterocycles. The normalized spacial score (nSPS) is 18.9. The van der Waals surface area contributed by atoms with Crippen molar-refractivity contribution in [2.45, 2.75) is 25.4 Å². The molecule has 2 heterocycles. The van der Waals surface area contributed by atoms with Gasteiger partial charge in [-0.05, 0) is 30.7 Å². The highest BCUT2D eigenvalue weighted by Crippen LogP contribution is 2.11. The summed E-state index contributed by atoms with van der Waals surface area (Å²) in [5.41, 5.74) is 0. The molecule has 0 bridgehead atoms. The van der Waals surface area contributed by atoms with Crippen LogP contribution in [0.2, 0.25) is 0 Å². The first-order chi connectivity index (χ1) is 10.4. The highest BCUT2D eigenvalue weighted by molar-refractivity contribution is 7.09. The summed E-state index contributed by atoms with van der Waals surface area (Å²) in [5.74, 6) is 0.826. The number of nitrogens with one attached hydrogen (secondary N) is 2. The van der Waals surface area contributed by atoms with Gasteiger partial charge in [-0.15, -0.1) is 11.3 Å². The van der Waals surface area contributed by atoms with Gasteiger partial charge in [0.2, 0.25) is 0 Å². The number of ether oxygens (including phenoxy) is 2. The van der Waals surface area contributed by atoms with E-state index >= 15 is 0 Å². The molecule has 6 heteroatoms. The highest BCUT2D eigenvalue weighted by atomic mass is 32.1. The maximum Gasteiger partial charge on any atom is 0.191 e. The largest absolute Gasteiger partial charge is 0.377 e. The van der Waals surface area contributed by atoms with Crippen LogP contribution in [0.15, 0.2) is 22.5 Å². The van der Waals surface area contributed by atoms with Gasteiger partial charge in [-0.25, -0.2) is 0 Å². The molecule has 21 heavy (non-hydrogen) atoms. The fourth-order valence-electron chi connectivity index (χ4n) is 2.21. The van der Waals surface area contributed by atoms with Crippen molar-refractivity contribution in [1.82, 2.24) is 10.6 Å². The summed E-state index contributed by atoms with van der Waals surface area (Å²) >= 11 is 1.79. The lowest BCUT2D eigenvalue weighted by molar-refractivity contribution is 0.0191. The monoisotopic (exact) mass is 311 g/mol. The predicted molar refractivity (Wildman–Crippen MR) is 87.2 cm³/mol. The van der Waals surface area contributed by atoms with Crippen molar-refractivity contribution >= 4 is 17.3 Å². The van der Waals surface area contributed by atoms with E-state index in [1.807, 2.05) is 0 Å². The zero-order valence-electron chi connectivity index (χ0n) is 12.6. The first-order valence-corrected chi connectivity index (χ1v) is 8.42. The van der Waals surface area contributed by atoms with Gasteiger partial charge in [0.05, 0.1) is 19.3 Å². The van der Waals surface area contributed by atoms with E-state index < -0.39 is 0 Å². The molecule has 0 amide bonds. The van der Waals surface area contributed by atoms with Crippen LogP contribution in [0.5, 0.6) is 0 Å². The van der Waals surface area contributed by atoms with Crippen molar-refractivity contribution in [3.05, 3.63) is 22.4 Å². The fourth-order valence-corrected chi connectivity index (χ4v) is 2.92. The zero-order chi connectivity index (χ0) is 14.8. The standard InChI is InChI=1S/C15H25N3O2S/c1-16-15(17-7-6-14-5-3-11-21-14)18-8-10-19-12-13-4-2-9-20-13/h3,5,11,13H,2,4,6-10,12H2,1H3,(H2,16,17,18). The number of rotatable bonds is 8. The molecule has 1 aromatic heterocycles. The molecular weight excluding hydrogens is 286 g/mol. The number of guanidine groups is 1. The maximum atomic E-state index is 5.61. The van der Waals surface area contributed by atoms with E-state index in [4.69, 9.17) is 9.47 Å². The molecule has 2 rings (SSSR count). The molecule has 1 fully saturated rings. The second-order valence-corrected chi connectivity index (χ2v) is 6.00.